The molecule has 0 saturated heterocycles. The summed E-state index contributed by atoms with van der Waals surface area (Å²) in [5.41, 5.74) is 1.07. The highest BCUT2D eigenvalue weighted by Crippen LogP contribution is 2.29. The normalized spacial score (nSPS) is 12.1. The number of anilines is 1. The molecular weight excluding hydrogens is 296 g/mol. The van der Waals surface area contributed by atoms with E-state index in [2.05, 4.69) is 5.16 Å². The predicted molar refractivity (Wildman–Crippen MR) is 77.6 cm³/mol. The molecule has 0 spiro atoms. The van der Waals surface area contributed by atoms with Crippen LogP contribution in [0.3, 0.4) is 0 Å². The standard InChI is InChI=1S/C14H15ClN2O4/c1-9(13-7-11(8-20-2)16-21-13)17(14(18)19)12-5-3-4-10(15)6-12/h3-7,9H,8H2,1-2H3,(H,18,19). The van der Waals surface area contributed by atoms with Crippen molar-refractivity contribution in [3.8, 4) is 0 Å². The van der Waals surface area contributed by atoms with E-state index < -0.39 is 12.1 Å². The van der Waals surface area contributed by atoms with Gasteiger partial charge in [0.25, 0.3) is 0 Å². The van der Waals surface area contributed by atoms with E-state index in [4.69, 9.17) is 20.9 Å². The van der Waals surface area contributed by atoms with Crippen LogP contribution in [0.5, 0.6) is 0 Å². The van der Waals surface area contributed by atoms with Gasteiger partial charge in [0.15, 0.2) is 5.76 Å². The second-order valence-electron chi connectivity index (χ2n) is 4.46. The predicted octanol–water partition coefficient (Wildman–Crippen LogP) is 3.72. The molecule has 1 heterocycles. The van der Waals surface area contributed by atoms with Gasteiger partial charge in [-0.25, -0.2) is 4.79 Å². The van der Waals surface area contributed by atoms with E-state index in [1.165, 1.54) is 4.90 Å². The van der Waals surface area contributed by atoms with Gasteiger partial charge in [0.1, 0.15) is 5.69 Å². The van der Waals surface area contributed by atoms with Gasteiger partial charge in [-0.1, -0.05) is 22.8 Å². The number of amides is 1. The third-order valence-electron chi connectivity index (χ3n) is 2.96. The summed E-state index contributed by atoms with van der Waals surface area (Å²) in [5, 5.41) is 13.8. The van der Waals surface area contributed by atoms with Crippen molar-refractivity contribution in [1.82, 2.24) is 5.16 Å². The minimum Gasteiger partial charge on any atom is -0.465 e. The molecule has 2 aromatic rings. The molecule has 7 heteroatoms. The fourth-order valence-electron chi connectivity index (χ4n) is 1.99. The Balaban J connectivity index is 2.30. The molecule has 0 saturated carbocycles. The fourth-order valence-corrected chi connectivity index (χ4v) is 2.18. The monoisotopic (exact) mass is 310 g/mol. The maximum Gasteiger partial charge on any atom is 0.412 e. The van der Waals surface area contributed by atoms with Gasteiger partial charge in [-0.05, 0) is 25.1 Å². The molecule has 1 atom stereocenters. The van der Waals surface area contributed by atoms with Crippen LogP contribution in [-0.2, 0) is 11.3 Å². The van der Waals surface area contributed by atoms with Crippen molar-refractivity contribution in [1.29, 1.82) is 0 Å². The molecule has 0 radical (unpaired) electrons. The van der Waals surface area contributed by atoms with Crippen LogP contribution in [0.1, 0.15) is 24.4 Å². The Labute approximate surface area is 126 Å². The summed E-state index contributed by atoms with van der Waals surface area (Å²) in [6.45, 7) is 2.02. The highest BCUT2D eigenvalue weighted by atomic mass is 35.5. The van der Waals surface area contributed by atoms with Crippen LogP contribution in [0.4, 0.5) is 10.5 Å². The van der Waals surface area contributed by atoms with E-state index in [1.807, 2.05) is 0 Å². The number of carbonyl (C=O) groups is 1. The summed E-state index contributed by atoms with van der Waals surface area (Å²) in [4.78, 5) is 12.7. The Morgan fingerprint density at radius 1 is 1.52 bits per heavy atom. The topological polar surface area (TPSA) is 75.8 Å². The van der Waals surface area contributed by atoms with Crippen LogP contribution < -0.4 is 4.90 Å². The lowest BCUT2D eigenvalue weighted by atomic mass is 10.2. The minimum atomic E-state index is -1.10. The number of halogens is 1. The number of methoxy groups -OCH3 is 1. The zero-order valence-electron chi connectivity index (χ0n) is 11.6. The van der Waals surface area contributed by atoms with Crippen LogP contribution in [0, 0.1) is 0 Å². The van der Waals surface area contributed by atoms with E-state index in [9.17, 15) is 9.90 Å². The summed E-state index contributed by atoms with van der Waals surface area (Å²) in [6, 6.07) is 7.76. The Kier molecular flexibility index (Phi) is 4.82. The maximum atomic E-state index is 11.6. The fraction of sp³-hybridized carbons (Fsp3) is 0.286. The molecule has 1 N–H and O–H groups in total. The highest BCUT2D eigenvalue weighted by Gasteiger charge is 2.26. The summed E-state index contributed by atoms with van der Waals surface area (Å²) in [5.74, 6) is 0.435. The molecular formula is C14H15ClN2O4. The molecule has 21 heavy (non-hydrogen) atoms. The van der Waals surface area contributed by atoms with Gasteiger partial charge < -0.3 is 14.4 Å². The van der Waals surface area contributed by atoms with Gasteiger partial charge in [0.05, 0.1) is 12.6 Å². The molecule has 2 rings (SSSR count). The van der Waals surface area contributed by atoms with Crippen molar-refractivity contribution in [3.63, 3.8) is 0 Å². The minimum absolute atomic E-state index is 0.306. The number of nitrogens with zero attached hydrogens (tertiary/aromatic N) is 2. The number of benzene rings is 1. The molecule has 1 aromatic carbocycles. The van der Waals surface area contributed by atoms with E-state index >= 15 is 0 Å². The molecule has 1 aromatic heterocycles. The smallest absolute Gasteiger partial charge is 0.412 e. The quantitative estimate of drug-likeness (QED) is 0.910. The van der Waals surface area contributed by atoms with Crippen molar-refractivity contribution < 1.29 is 19.2 Å². The number of ether oxygens (including phenoxy) is 1. The first-order chi connectivity index (χ1) is 10.0. The number of aromatic nitrogens is 1. The number of rotatable bonds is 5. The zero-order chi connectivity index (χ0) is 15.4. The number of hydrogen-bond acceptors (Lipinski definition) is 4. The van der Waals surface area contributed by atoms with Crippen LogP contribution >= 0.6 is 11.6 Å². The van der Waals surface area contributed by atoms with Crippen molar-refractivity contribution >= 4 is 23.4 Å². The lowest BCUT2D eigenvalue weighted by Gasteiger charge is -2.24. The van der Waals surface area contributed by atoms with Crippen molar-refractivity contribution in [2.75, 3.05) is 12.0 Å². The van der Waals surface area contributed by atoms with Gasteiger partial charge in [0.2, 0.25) is 0 Å². The van der Waals surface area contributed by atoms with Crippen molar-refractivity contribution in [3.05, 3.63) is 46.8 Å². The molecule has 1 unspecified atom stereocenters. The van der Waals surface area contributed by atoms with E-state index in [1.54, 1.807) is 44.4 Å². The lowest BCUT2D eigenvalue weighted by molar-refractivity contribution is 0.176. The van der Waals surface area contributed by atoms with Crippen molar-refractivity contribution in [2.45, 2.75) is 19.6 Å². The Morgan fingerprint density at radius 3 is 2.90 bits per heavy atom. The molecule has 0 bridgehead atoms. The zero-order valence-corrected chi connectivity index (χ0v) is 12.4. The second kappa shape index (κ2) is 6.60. The SMILES string of the molecule is COCc1cc(C(C)N(C(=O)O)c2cccc(Cl)c2)on1. The van der Waals surface area contributed by atoms with Gasteiger partial charge in [-0.15, -0.1) is 0 Å². The number of hydrogen-bond donors (Lipinski definition) is 1. The van der Waals surface area contributed by atoms with E-state index in [0.717, 1.165) is 0 Å². The van der Waals surface area contributed by atoms with Gasteiger partial charge in [0, 0.05) is 23.9 Å². The first-order valence-corrected chi connectivity index (χ1v) is 6.63. The molecule has 0 aliphatic heterocycles. The molecule has 1 amide bonds. The van der Waals surface area contributed by atoms with Crippen LogP contribution in [0.15, 0.2) is 34.9 Å². The Bertz CT molecular complexity index is 629. The van der Waals surface area contributed by atoms with Gasteiger partial charge in [-0.3, -0.25) is 4.90 Å². The summed E-state index contributed by atoms with van der Waals surface area (Å²) < 4.78 is 10.2. The first-order valence-electron chi connectivity index (χ1n) is 6.25. The molecule has 0 aliphatic rings. The largest absolute Gasteiger partial charge is 0.465 e. The summed E-state index contributed by atoms with van der Waals surface area (Å²) >= 11 is 5.92. The molecule has 0 aliphatic carbocycles. The molecule has 0 fully saturated rings. The molecule has 112 valence electrons. The average Bonchev–Trinajstić information content (AvgIpc) is 2.87. The first kappa shape index (κ1) is 15.3. The van der Waals surface area contributed by atoms with Gasteiger partial charge >= 0.3 is 6.09 Å². The Morgan fingerprint density at radius 2 is 2.29 bits per heavy atom. The van der Waals surface area contributed by atoms with E-state index in [-0.39, 0.29) is 0 Å². The van der Waals surface area contributed by atoms with E-state index in [0.29, 0.717) is 28.8 Å². The summed E-state index contributed by atoms with van der Waals surface area (Å²) in [7, 11) is 1.55. The second-order valence-corrected chi connectivity index (χ2v) is 4.90. The van der Waals surface area contributed by atoms with Crippen LogP contribution in [-0.4, -0.2) is 23.5 Å². The summed E-state index contributed by atoms with van der Waals surface area (Å²) in [6.07, 6.45) is -1.10. The third-order valence-corrected chi connectivity index (χ3v) is 3.20. The number of carboxylic acid groups (broad SMARTS) is 1. The van der Waals surface area contributed by atoms with Crippen LogP contribution in [0.25, 0.3) is 0 Å². The molecule has 6 nitrogen and oxygen atoms in total. The highest BCUT2D eigenvalue weighted by molar-refractivity contribution is 6.30. The van der Waals surface area contributed by atoms with Crippen LogP contribution in [0.2, 0.25) is 5.02 Å². The maximum absolute atomic E-state index is 11.6. The average molecular weight is 311 g/mol. The lowest BCUT2D eigenvalue weighted by Crippen LogP contribution is -2.31. The van der Waals surface area contributed by atoms with Crippen molar-refractivity contribution in [2.24, 2.45) is 0 Å². The third kappa shape index (κ3) is 3.53. The Hall–Kier alpha value is -2.05. The van der Waals surface area contributed by atoms with Gasteiger partial charge in [-0.2, -0.15) is 0 Å².